The molecule has 0 amide bonds. The zero-order chi connectivity index (χ0) is 13.3. The van der Waals surface area contributed by atoms with Gasteiger partial charge in [-0.25, -0.2) is 8.78 Å². The third-order valence-electron chi connectivity index (χ3n) is 3.56. The number of carboxylic acids is 1. The van der Waals surface area contributed by atoms with Gasteiger partial charge in [0.15, 0.2) is 0 Å². The number of hydrogen-bond acceptors (Lipinski definition) is 2. The van der Waals surface area contributed by atoms with E-state index in [2.05, 4.69) is 0 Å². The van der Waals surface area contributed by atoms with Crippen LogP contribution in [-0.4, -0.2) is 11.1 Å². The Bertz CT molecular complexity index is 543. The van der Waals surface area contributed by atoms with Gasteiger partial charge >= 0.3 is 5.97 Å². The van der Waals surface area contributed by atoms with Gasteiger partial charge in [0.1, 0.15) is 17.7 Å². The van der Waals surface area contributed by atoms with Gasteiger partial charge in [-0.2, -0.15) is 5.26 Å². The molecule has 18 heavy (non-hydrogen) atoms. The summed E-state index contributed by atoms with van der Waals surface area (Å²) < 4.78 is 27.0. The van der Waals surface area contributed by atoms with E-state index in [0.717, 1.165) is 6.07 Å². The summed E-state index contributed by atoms with van der Waals surface area (Å²) in [6, 6.07) is 3.23. The topological polar surface area (TPSA) is 61.1 Å². The van der Waals surface area contributed by atoms with E-state index < -0.39 is 23.0 Å². The minimum absolute atomic E-state index is 0.0783. The van der Waals surface area contributed by atoms with Crippen molar-refractivity contribution in [3.8, 4) is 6.07 Å². The summed E-state index contributed by atoms with van der Waals surface area (Å²) in [5, 5.41) is 18.1. The molecule has 0 bridgehead atoms. The molecular formula is C13H11F2NO2. The summed E-state index contributed by atoms with van der Waals surface area (Å²) in [4.78, 5) is 11.4. The number of aliphatic carboxylic acids is 1. The molecule has 1 fully saturated rings. The van der Waals surface area contributed by atoms with Crippen molar-refractivity contribution in [3.63, 3.8) is 0 Å². The molecule has 5 heteroatoms. The predicted molar refractivity (Wildman–Crippen MR) is 58.9 cm³/mol. The van der Waals surface area contributed by atoms with Crippen molar-refractivity contribution in [2.24, 2.45) is 0 Å². The molecule has 1 aromatic carbocycles. The van der Waals surface area contributed by atoms with Crippen molar-refractivity contribution in [1.82, 2.24) is 0 Å². The van der Waals surface area contributed by atoms with Gasteiger partial charge in [0.25, 0.3) is 0 Å². The average molecular weight is 251 g/mol. The SMILES string of the molecule is N#Cc1cc(C2(C(=O)O)CCCC2)c(F)cc1F. The molecule has 0 saturated heterocycles. The lowest BCUT2D eigenvalue weighted by Crippen LogP contribution is -2.33. The number of halogens is 2. The molecule has 0 unspecified atom stereocenters. The van der Waals surface area contributed by atoms with Gasteiger partial charge in [0, 0.05) is 11.6 Å². The van der Waals surface area contributed by atoms with Crippen molar-refractivity contribution in [3.05, 3.63) is 34.9 Å². The summed E-state index contributed by atoms with van der Waals surface area (Å²) in [5.74, 6) is -2.97. The van der Waals surface area contributed by atoms with E-state index in [1.807, 2.05) is 0 Å². The first-order valence-electron chi connectivity index (χ1n) is 5.64. The zero-order valence-corrected chi connectivity index (χ0v) is 9.54. The summed E-state index contributed by atoms with van der Waals surface area (Å²) in [6.07, 6.45) is 2.00. The molecule has 1 aliphatic carbocycles. The van der Waals surface area contributed by atoms with Crippen LogP contribution in [0.4, 0.5) is 8.78 Å². The number of rotatable bonds is 2. The lowest BCUT2D eigenvalue weighted by molar-refractivity contribution is -0.143. The van der Waals surface area contributed by atoms with Gasteiger partial charge in [0.05, 0.1) is 11.0 Å². The molecule has 1 aromatic rings. The number of benzene rings is 1. The van der Waals surface area contributed by atoms with Crippen LogP contribution in [-0.2, 0) is 10.2 Å². The van der Waals surface area contributed by atoms with Gasteiger partial charge in [0.2, 0.25) is 0 Å². The first-order valence-corrected chi connectivity index (χ1v) is 5.64. The second-order valence-corrected chi connectivity index (χ2v) is 4.52. The van der Waals surface area contributed by atoms with E-state index in [9.17, 15) is 18.7 Å². The van der Waals surface area contributed by atoms with Crippen LogP contribution < -0.4 is 0 Å². The minimum Gasteiger partial charge on any atom is -0.481 e. The molecule has 1 aliphatic rings. The van der Waals surface area contributed by atoms with E-state index >= 15 is 0 Å². The zero-order valence-electron chi connectivity index (χ0n) is 9.54. The Labute approximate surface area is 103 Å². The molecule has 0 spiro atoms. The Hall–Kier alpha value is -1.96. The molecule has 3 nitrogen and oxygen atoms in total. The van der Waals surface area contributed by atoms with Crippen molar-refractivity contribution < 1.29 is 18.7 Å². The van der Waals surface area contributed by atoms with Gasteiger partial charge in [-0.1, -0.05) is 12.8 Å². The number of hydrogen-bond donors (Lipinski definition) is 1. The van der Waals surface area contributed by atoms with Crippen LogP contribution in [0.5, 0.6) is 0 Å². The normalized spacial score (nSPS) is 17.4. The largest absolute Gasteiger partial charge is 0.481 e. The van der Waals surface area contributed by atoms with Crippen molar-refractivity contribution in [2.75, 3.05) is 0 Å². The highest BCUT2D eigenvalue weighted by Crippen LogP contribution is 2.42. The Kier molecular flexibility index (Phi) is 3.04. The van der Waals surface area contributed by atoms with Gasteiger partial charge < -0.3 is 5.11 Å². The summed E-state index contributed by atoms with van der Waals surface area (Å²) in [6.45, 7) is 0. The number of carboxylic acid groups (broad SMARTS) is 1. The van der Waals surface area contributed by atoms with Gasteiger partial charge in [-0.15, -0.1) is 0 Å². The second-order valence-electron chi connectivity index (χ2n) is 4.52. The van der Waals surface area contributed by atoms with Crippen molar-refractivity contribution >= 4 is 5.97 Å². The fourth-order valence-corrected chi connectivity index (χ4v) is 2.58. The van der Waals surface area contributed by atoms with Crippen LogP contribution >= 0.6 is 0 Å². The first kappa shape index (κ1) is 12.5. The molecule has 94 valence electrons. The fraction of sp³-hybridized carbons (Fsp3) is 0.385. The molecule has 0 atom stereocenters. The van der Waals surface area contributed by atoms with Crippen LogP contribution in [0.15, 0.2) is 12.1 Å². The van der Waals surface area contributed by atoms with Crippen molar-refractivity contribution in [2.45, 2.75) is 31.1 Å². The van der Waals surface area contributed by atoms with Crippen LogP contribution in [0.25, 0.3) is 0 Å². The standard InChI is InChI=1S/C13H11F2NO2/c14-10-6-11(15)9(5-8(10)7-16)13(12(17)18)3-1-2-4-13/h5-6H,1-4H2,(H,17,18). The number of nitriles is 1. The molecule has 1 saturated carbocycles. The maximum atomic E-state index is 13.8. The highest BCUT2D eigenvalue weighted by molar-refractivity contribution is 5.82. The highest BCUT2D eigenvalue weighted by atomic mass is 19.1. The average Bonchev–Trinajstić information content (AvgIpc) is 2.79. The molecule has 2 rings (SSSR count). The predicted octanol–water partition coefficient (Wildman–Crippen LogP) is 2.73. The molecule has 0 aromatic heterocycles. The number of nitrogens with zero attached hydrogens (tertiary/aromatic N) is 1. The molecular weight excluding hydrogens is 240 g/mol. The molecule has 0 aliphatic heterocycles. The summed E-state index contributed by atoms with van der Waals surface area (Å²) in [5.41, 5.74) is -1.71. The Balaban J connectivity index is 2.63. The monoisotopic (exact) mass is 251 g/mol. The van der Waals surface area contributed by atoms with E-state index in [1.165, 1.54) is 0 Å². The third-order valence-corrected chi connectivity index (χ3v) is 3.56. The minimum atomic E-state index is -1.32. The Morgan fingerprint density at radius 1 is 1.28 bits per heavy atom. The Morgan fingerprint density at radius 2 is 1.89 bits per heavy atom. The Morgan fingerprint density at radius 3 is 2.39 bits per heavy atom. The van der Waals surface area contributed by atoms with E-state index in [0.29, 0.717) is 31.7 Å². The smallest absolute Gasteiger partial charge is 0.314 e. The molecule has 0 heterocycles. The lowest BCUT2D eigenvalue weighted by atomic mass is 9.78. The van der Waals surface area contributed by atoms with E-state index in [-0.39, 0.29) is 11.1 Å². The summed E-state index contributed by atoms with van der Waals surface area (Å²) in [7, 11) is 0. The fourth-order valence-electron chi connectivity index (χ4n) is 2.58. The van der Waals surface area contributed by atoms with Crippen molar-refractivity contribution in [1.29, 1.82) is 5.26 Å². The van der Waals surface area contributed by atoms with Gasteiger partial charge in [-0.3, -0.25) is 4.79 Å². The first-order chi connectivity index (χ1) is 8.51. The van der Waals surface area contributed by atoms with Crippen LogP contribution in [0.2, 0.25) is 0 Å². The number of carbonyl (C=O) groups is 1. The second kappa shape index (κ2) is 4.37. The molecule has 1 N–H and O–H groups in total. The quantitative estimate of drug-likeness (QED) is 0.879. The van der Waals surface area contributed by atoms with Crippen LogP contribution in [0.1, 0.15) is 36.8 Å². The van der Waals surface area contributed by atoms with Gasteiger partial charge in [-0.05, 0) is 18.9 Å². The van der Waals surface area contributed by atoms with Crippen LogP contribution in [0.3, 0.4) is 0 Å². The highest BCUT2D eigenvalue weighted by Gasteiger charge is 2.45. The molecule has 0 radical (unpaired) electrons. The van der Waals surface area contributed by atoms with Crippen LogP contribution in [0, 0.1) is 23.0 Å². The maximum Gasteiger partial charge on any atom is 0.314 e. The maximum absolute atomic E-state index is 13.8. The van der Waals surface area contributed by atoms with E-state index in [1.54, 1.807) is 6.07 Å². The summed E-state index contributed by atoms with van der Waals surface area (Å²) >= 11 is 0. The van der Waals surface area contributed by atoms with E-state index in [4.69, 9.17) is 5.26 Å². The lowest BCUT2D eigenvalue weighted by Gasteiger charge is -2.25. The third kappa shape index (κ3) is 1.74.